The van der Waals surface area contributed by atoms with Crippen LogP contribution < -0.4 is 14.8 Å². The van der Waals surface area contributed by atoms with Crippen LogP contribution in [0.15, 0.2) is 36.5 Å². The Labute approximate surface area is 146 Å². The molecule has 1 atom stereocenters. The van der Waals surface area contributed by atoms with Gasteiger partial charge in [0, 0.05) is 24.2 Å². The summed E-state index contributed by atoms with van der Waals surface area (Å²) in [5.74, 6) is 2.57. The molecule has 0 unspecified atom stereocenters. The van der Waals surface area contributed by atoms with Crippen LogP contribution in [0.25, 0.3) is 5.65 Å². The highest BCUT2D eigenvalue weighted by Gasteiger charge is 2.15. The van der Waals surface area contributed by atoms with Gasteiger partial charge in [0.15, 0.2) is 17.1 Å². The van der Waals surface area contributed by atoms with E-state index in [-0.39, 0.29) is 6.04 Å². The molecule has 0 bridgehead atoms. The summed E-state index contributed by atoms with van der Waals surface area (Å²) in [6.07, 6.45) is 3.56. The second kappa shape index (κ2) is 6.63. The SMILES string of the molecule is CCc1cc(N[C@H](C)c2ccc3c(c2)OCCCO3)n2nccc2n1. The number of nitrogens with one attached hydrogen (secondary N) is 1. The molecule has 6 nitrogen and oxygen atoms in total. The third-order valence-electron chi connectivity index (χ3n) is 4.41. The van der Waals surface area contributed by atoms with Crippen LogP contribution in [0.5, 0.6) is 11.5 Å². The summed E-state index contributed by atoms with van der Waals surface area (Å²) in [5, 5.41) is 7.92. The molecule has 3 aromatic rings. The molecule has 25 heavy (non-hydrogen) atoms. The Kier molecular flexibility index (Phi) is 4.17. The van der Waals surface area contributed by atoms with Gasteiger partial charge in [0.05, 0.1) is 25.5 Å². The van der Waals surface area contributed by atoms with Gasteiger partial charge in [0.1, 0.15) is 5.82 Å². The van der Waals surface area contributed by atoms with Crippen LogP contribution in [0.3, 0.4) is 0 Å². The fourth-order valence-corrected chi connectivity index (χ4v) is 3.00. The number of nitrogens with zero attached hydrogens (tertiary/aromatic N) is 3. The molecule has 0 saturated carbocycles. The highest BCUT2D eigenvalue weighted by atomic mass is 16.5. The predicted octanol–water partition coefficient (Wildman–Crippen LogP) is 3.63. The first-order chi connectivity index (χ1) is 12.2. The van der Waals surface area contributed by atoms with Gasteiger partial charge in [0.2, 0.25) is 0 Å². The Morgan fingerprint density at radius 2 is 2.00 bits per heavy atom. The van der Waals surface area contributed by atoms with Crippen molar-refractivity contribution in [2.75, 3.05) is 18.5 Å². The highest BCUT2D eigenvalue weighted by molar-refractivity contribution is 5.51. The summed E-state index contributed by atoms with van der Waals surface area (Å²) in [7, 11) is 0. The standard InChI is InChI=1S/C19H22N4O2/c1-3-15-12-19(23-18(22-15)7-8-20-23)21-13(2)14-5-6-16-17(11-14)25-10-4-9-24-16/h5-8,11-13,21H,3-4,9-10H2,1-2H3/t13-/m1/s1. The Morgan fingerprint density at radius 3 is 2.84 bits per heavy atom. The first-order valence-corrected chi connectivity index (χ1v) is 8.74. The van der Waals surface area contributed by atoms with E-state index in [0.29, 0.717) is 13.2 Å². The van der Waals surface area contributed by atoms with Crippen LogP contribution in [-0.2, 0) is 6.42 Å². The van der Waals surface area contributed by atoms with Crippen molar-refractivity contribution in [1.82, 2.24) is 14.6 Å². The molecule has 1 N–H and O–H groups in total. The number of anilines is 1. The summed E-state index contributed by atoms with van der Waals surface area (Å²) in [4.78, 5) is 4.59. The van der Waals surface area contributed by atoms with E-state index in [0.717, 1.165) is 47.1 Å². The van der Waals surface area contributed by atoms with Crippen LogP contribution in [-0.4, -0.2) is 27.8 Å². The molecule has 3 heterocycles. The number of benzene rings is 1. The molecule has 0 spiro atoms. The van der Waals surface area contributed by atoms with Crippen molar-refractivity contribution in [3.8, 4) is 11.5 Å². The minimum Gasteiger partial charge on any atom is -0.490 e. The molecule has 4 rings (SSSR count). The number of hydrogen-bond donors (Lipinski definition) is 1. The number of hydrogen-bond acceptors (Lipinski definition) is 5. The number of rotatable bonds is 4. The molecular weight excluding hydrogens is 316 g/mol. The van der Waals surface area contributed by atoms with Crippen molar-refractivity contribution in [2.24, 2.45) is 0 Å². The molecule has 0 fully saturated rings. The minimum absolute atomic E-state index is 0.0941. The first kappa shape index (κ1) is 15.7. The summed E-state index contributed by atoms with van der Waals surface area (Å²) < 4.78 is 13.3. The summed E-state index contributed by atoms with van der Waals surface area (Å²) >= 11 is 0. The molecule has 1 aliphatic rings. The molecule has 0 amide bonds. The molecule has 0 radical (unpaired) electrons. The summed E-state index contributed by atoms with van der Waals surface area (Å²) in [5.41, 5.74) is 3.04. The lowest BCUT2D eigenvalue weighted by molar-refractivity contribution is 0.297. The molecular formula is C19H22N4O2. The Balaban J connectivity index is 1.63. The van der Waals surface area contributed by atoms with Crippen LogP contribution >= 0.6 is 0 Å². The molecule has 2 aromatic heterocycles. The monoisotopic (exact) mass is 338 g/mol. The predicted molar refractivity (Wildman–Crippen MR) is 96.5 cm³/mol. The third kappa shape index (κ3) is 3.12. The second-order valence-corrected chi connectivity index (χ2v) is 6.21. The van der Waals surface area contributed by atoms with E-state index in [1.165, 1.54) is 0 Å². The molecule has 0 aliphatic carbocycles. The third-order valence-corrected chi connectivity index (χ3v) is 4.41. The van der Waals surface area contributed by atoms with Crippen LogP contribution in [0, 0.1) is 0 Å². The maximum Gasteiger partial charge on any atom is 0.161 e. The second-order valence-electron chi connectivity index (χ2n) is 6.21. The van der Waals surface area contributed by atoms with Gasteiger partial charge in [0.25, 0.3) is 0 Å². The van der Waals surface area contributed by atoms with Crippen LogP contribution in [0.4, 0.5) is 5.82 Å². The average Bonchev–Trinajstić information content (AvgIpc) is 2.98. The Hall–Kier alpha value is -2.76. The van der Waals surface area contributed by atoms with Crippen molar-refractivity contribution in [3.05, 3.63) is 47.8 Å². The first-order valence-electron chi connectivity index (χ1n) is 8.74. The van der Waals surface area contributed by atoms with Crippen molar-refractivity contribution >= 4 is 11.5 Å². The molecule has 1 aliphatic heterocycles. The Bertz CT molecular complexity index is 890. The fourth-order valence-electron chi connectivity index (χ4n) is 3.00. The van der Waals surface area contributed by atoms with E-state index < -0.39 is 0 Å². The number of aromatic nitrogens is 3. The average molecular weight is 338 g/mol. The van der Waals surface area contributed by atoms with Crippen LogP contribution in [0.1, 0.15) is 37.6 Å². The van der Waals surface area contributed by atoms with E-state index in [4.69, 9.17) is 9.47 Å². The zero-order chi connectivity index (χ0) is 17.2. The van der Waals surface area contributed by atoms with E-state index in [1.807, 2.05) is 16.6 Å². The van der Waals surface area contributed by atoms with Gasteiger partial charge >= 0.3 is 0 Å². The van der Waals surface area contributed by atoms with Gasteiger partial charge in [-0.25, -0.2) is 4.98 Å². The molecule has 0 saturated heterocycles. The lowest BCUT2D eigenvalue weighted by Crippen LogP contribution is -2.12. The zero-order valence-corrected chi connectivity index (χ0v) is 14.5. The van der Waals surface area contributed by atoms with E-state index in [2.05, 4.69) is 47.4 Å². The summed E-state index contributed by atoms with van der Waals surface area (Å²) in [6.45, 7) is 5.62. The van der Waals surface area contributed by atoms with Gasteiger partial charge < -0.3 is 14.8 Å². The molecule has 1 aromatic carbocycles. The number of fused-ring (bicyclic) bond motifs is 2. The fraction of sp³-hybridized carbons (Fsp3) is 0.368. The van der Waals surface area contributed by atoms with Gasteiger partial charge in [-0.15, -0.1) is 0 Å². The maximum absolute atomic E-state index is 5.80. The topological polar surface area (TPSA) is 60.7 Å². The lowest BCUT2D eigenvalue weighted by atomic mass is 10.1. The quantitative estimate of drug-likeness (QED) is 0.787. The molecule has 130 valence electrons. The van der Waals surface area contributed by atoms with Gasteiger partial charge in [-0.2, -0.15) is 9.61 Å². The normalized spacial score (nSPS) is 15.0. The largest absolute Gasteiger partial charge is 0.490 e. The zero-order valence-electron chi connectivity index (χ0n) is 14.5. The van der Waals surface area contributed by atoms with Crippen LogP contribution in [0.2, 0.25) is 0 Å². The lowest BCUT2D eigenvalue weighted by Gasteiger charge is -2.18. The van der Waals surface area contributed by atoms with Gasteiger partial charge in [-0.05, 0) is 31.0 Å². The van der Waals surface area contributed by atoms with E-state index in [9.17, 15) is 0 Å². The van der Waals surface area contributed by atoms with Crippen molar-refractivity contribution in [1.29, 1.82) is 0 Å². The van der Waals surface area contributed by atoms with Gasteiger partial charge in [-0.1, -0.05) is 13.0 Å². The maximum atomic E-state index is 5.80. The van der Waals surface area contributed by atoms with E-state index in [1.54, 1.807) is 6.20 Å². The van der Waals surface area contributed by atoms with E-state index >= 15 is 0 Å². The Morgan fingerprint density at radius 1 is 1.16 bits per heavy atom. The molecule has 6 heteroatoms. The number of aryl methyl sites for hydroxylation is 1. The number of ether oxygens (including phenoxy) is 2. The van der Waals surface area contributed by atoms with Crippen molar-refractivity contribution in [2.45, 2.75) is 32.7 Å². The summed E-state index contributed by atoms with van der Waals surface area (Å²) in [6, 6.07) is 10.2. The van der Waals surface area contributed by atoms with Crippen molar-refractivity contribution < 1.29 is 9.47 Å². The smallest absolute Gasteiger partial charge is 0.161 e. The van der Waals surface area contributed by atoms with Gasteiger partial charge in [-0.3, -0.25) is 0 Å². The van der Waals surface area contributed by atoms with Crippen molar-refractivity contribution in [3.63, 3.8) is 0 Å². The minimum atomic E-state index is 0.0941. The highest BCUT2D eigenvalue weighted by Crippen LogP contribution is 2.33.